The Hall–Kier alpha value is -0.990. The van der Waals surface area contributed by atoms with Crippen LogP contribution < -0.4 is 0 Å². The van der Waals surface area contributed by atoms with Crippen LogP contribution in [0.5, 0.6) is 0 Å². The lowest BCUT2D eigenvalue weighted by atomic mass is 10.0. The highest BCUT2D eigenvalue weighted by atomic mass is 19.4. The van der Waals surface area contributed by atoms with Gasteiger partial charge in [-0.05, 0) is 24.0 Å². The maximum Gasteiger partial charge on any atom is 0.393 e. The number of rotatable bonds is 4. The first-order valence-electron chi connectivity index (χ1n) is 5.16. The minimum Gasteiger partial charge on any atom is -0.171 e. The molecule has 0 aliphatic carbocycles. The van der Waals surface area contributed by atoms with E-state index in [-0.39, 0.29) is 0 Å². The zero-order valence-electron chi connectivity index (χ0n) is 8.77. The van der Waals surface area contributed by atoms with E-state index in [1.54, 1.807) is 12.1 Å². The predicted molar refractivity (Wildman–Crippen MR) is 54.8 cm³/mol. The molecular weight excluding hydrogens is 201 g/mol. The Morgan fingerprint density at radius 3 is 2.40 bits per heavy atom. The molecule has 0 spiro atoms. The van der Waals surface area contributed by atoms with Gasteiger partial charge in [-0.2, -0.15) is 13.2 Å². The molecule has 0 heterocycles. The molecule has 0 aromatic heterocycles. The van der Waals surface area contributed by atoms with Gasteiger partial charge in [0.15, 0.2) is 0 Å². The van der Waals surface area contributed by atoms with Crippen LogP contribution in [-0.2, 0) is 12.8 Å². The first kappa shape index (κ1) is 12.1. The SMILES string of the molecule is CCCCc1cccc(CC(F)(F)F)c1. The maximum absolute atomic E-state index is 12.1. The first-order valence-corrected chi connectivity index (χ1v) is 5.16. The van der Waals surface area contributed by atoms with E-state index >= 15 is 0 Å². The van der Waals surface area contributed by atoms with Crippen LogP contribution in [0.2, 0.25) is 0 Å². The molecule has 0 bridgehead atoms. The Morgan fingerprint density at radius 1 is 1.13 bits per heavy atom. The number of alkyl halides is 3. The number of halogens is 3. The van der Waals surface area contributed by atoms with Gasteiger partial charge in [-0.15, -0.1) is 0 Å². The van der Waals surface area contributed by atoms with E-state index in [0.29, 0.717) is 5.56 Å². The van der Waals surface area contributed by atoms with E-state index in [2.05, 4.69) is 6.92 Å². The number of hydrogen-bond donors (Lipinski definition) is 0. The second kappa shape index (κ2) is 5.19. The lowest BCUT2D eigenvalue weighted by molar-refractivity contribution is -0.127. The summed E-state index contributed by atoms with van der Waals surface area (Å²) in [6.45, 7) is 2.07. The summed E-state index contributed by atoms with van der Waals surface area (Å²) in [5.74, 6) is 0. The van der Waals surface area contributed by atoms with Crippen molar-refractivity contribution < 1.29 is 13.2 Å². The normalized spacial score (nSPS) is 11.7. The highest BCUT2D eigenvalue weighted by molar-refractivity contribution is 5.24. The van der Waals surface area contributed by atoms with Gasteiger partial charge in [0.05, 0.1) is 6.42 Å². The quantitative estimate of drug-likeness (QED) is 0.709. The molecule has 0 aliphatic rings. The maximum atomic E-state index is 12.1. The molecule has 3 heteroatoms. The summed E-state index contributed by atoms with van der Waals surface area (Å²) in [6, 6.07) is 6.77. The Morgan fingerprint density at radius 2 is 1.80 bits per heavy atom. The molecule has 15 heavy (non-hydrogen) atoms. The fourth-order valence-corrected chi connectivity index (χ4v) is 1.51. The standard InChI is InChI=1S/C12H15F3/c1-2-3-5-10-6-4-7-11(8-10)9-12(13,14)15/h4,6-8H,2-3,5,9H2,1H3. The number of aryl methyl sites for hydroxylation is 1. The molecule has 0 aliphatic heterocycles. The minimum atomic E-state index is -4.11. The van der Waals surface area contributed by atoms with Crippen LogP contribution in [0.1, 0.15) is 30.9 Å². The van der Waals surface area contributed by atoms with Crippen molar-refractivity contribution in [3.05, 3.63) is 35.4 Å². The lowest BCUT2D eigenvalue weighted by Crippen LogP contribution is -2.11. The molecular formula is C12H15F3. The molecule has 0 N–H and O–H groups in total. The molecule has 0 saturated carbocycles. The summed E-state index contributed by atoms with van der Waals surface area (Å²) in [4.78, 5) is 0. The summed E-state index contributed by atoms with van der Waals surface area (Å²) in [5.41, 5.74) is 1.36. The van der Waals surface area contributed by atoms with Crippen molar-refractivity contribution in [3.63, 3.8) is 0 Å². The third kappa shape index (κ3) is 4.86. The highest BCUT2D eigenvalue weighted by Gasteiger charge is 2.27. The molecule has 84 valence electrons. The van der Waals surface area contributed by atoms with Crippen LogP contribution in [0, 0.1) is 0 Å². The summed E-state index contributed by atoms with van der Waals surface area (Å²) >= 11 is 0. The second-order valence-corrected chi connectivity index (χ2v) is 3.72. The largest absolute Gasteiger partial charge is 0.393 e. The number of unbranched alkanes of at least 4 members (excludes halogenated alkanes) is 1. The topological polar surface area (TPSA) is 0 Å². The van der Waals surface area contributed by atoms with Crippen LogP contribution in [0.15, 0.2) is 24.3 Å². The van der Waals surface area contributed by atoms with Crippen LogP contribution in [-0.4, -0.2) is 6.18 Å². The molecule has 0 amide bonds. The zero-order valence-corrected chi connectivity index (χ0v) is 8.77. The van der Waals surface area contributed by atoms with Crippen molar-refractivity contribution in [2.75, 3.05) is 0 Å². The van der Waals surface area contributed by atoms with Gasteiger partial charge in [-0.3, -0.25) is 0 Å². The monoisotopic (exact) mass is 216 g/mol. The first-order chi connectivity index (χ1) is 7.01. The van der Waals surface area contributed by atoms with Gasteiger partial charge in [0, 0.05) is 0 Å². The van der Waals surface area contributed by atoms with Gasteiger partial charge in [-0.25, -0.2) is 0 Å². The number of hydrogen-bond acceptors (Lipinski definition) is 0. The molecule has 1 aromatic rings. The van der Waals surface area contributed by atoms with Gasteiger partial charge >= 0.3 is 6.18 Å². The third-order valence-electron chi connectivity index (χ3n) is 2.21. The Labute approximate surface area is 88.1 Å². The van der Waals surface area contributed by atoms with Crippen molar-refractivity contribution in [3.8, 4) is 0 Å². The van der Waals surface area contributed by atoms with Crippen LogP contribution in [0.25, 0.3) is 0 Å². The number of benzene rings is 1. The average Bonchev–Trinajstić information content (AvgIpc) is 2.12. The zero-order chi connectivity index (χ0) is 11.3. The highest BCUT2D eigenvalue weighted by Crippen LogP contribution is 2.22. The molecule has 0 atom stereocenters. The van der Waals surface area contributed by atoms with E-state index < -0.39 is 12.6 Å². The van der Waals surface area contributed by atoms with Crippen molar-refractivity contribution in [1.29, 1.82) is 0 Å². The van der Waals surface area contributed by atoms with Crippen molar-refractivity contribution in [2.45, 2.75) is 38.8 Å². The van der Waals surface area contributed by atoms with E-state index in [4.69, 9.17) is 0 Å². The summed E-state index contributed by atoms with van der Waals surface area (Å²) < 4.78 is 36.4. The minimum absolute atomic E-state index is 0.358. The Balaban J connectivity index is 2.66. The van der Waals surface area contributed by atoms with Gasteiger partial charge in [0.1, 0.15) is 0 Å². The molecule has 0 nitrogen and oxygen atoms in total. The third-order valence-corrected chi connectivity index (χ3v) is 2.21. The summed E-state index contributed by atoms with van der Waals surface area (Å²) in [6.07, 6.45) is -1.99. The van der Waals surface area contributed by atoms with Crippen LogP contribution in [0.4, 0.5) is 13.2 Å². The van der Waals surface area contributed by atoms with Gasteiger partial charge in [0.25, 0.3) is 0 Å². The molecule has 0 fully saturated rings. The average molecular weight is 216 g/mol. The fourth-order valence-electron chi connectivity index (χ4n) is 1.51. The van der Waals surface area contributed by atoms with E-state index in [0.717, 1.165) is 24.8 Å². The van der Waals surface area contributed by atoms with E-state index in [9.17, 15) is 13.2 Å². The van der Waals surface area contributed by atoms with E-state index in [1.165, 1.54) is 6.07 Å². The summed E-state index contributed by atoms with van der Waals surface area (Å²) in [7, 11) is 0. The molecule has 0 saturated heterocycles. The second-order valence-electron chi connectivity index (χ2n) is 3.72. The van der Waals surface area contributed by atoms with Crippen LogP contribution >= 0.6 is 0 Å². The summed E-state index contributed by atoms with van der Waals surface area (Å²) in [5, 5.41) is 0. The van der Waals surface area contributed by atoms with Crippen molar-refractivity contribution in [2.24, 2.45) is 0 Å². The van der Waals surface area contributed by atoms with E-state index in [1.807, 2.05) is 6.07 Å². The molecule has 1 aromatic carbocycles. The van der Waals surface area contributed by atoms with Crippen molar-refractivity contribution in [1.82, 2.24) is 0 Å². The Bertz CT molecular complexity index is 302. The van der Waals surface area contributed by atoms with Gasteiger partial charge in [0.2, 0.25) is 0 Å². The Kier molecular flexibility index (Phi) is 4.18. The smallest absolute Gasteiger partial charge is 0.171 e. The molecule has 0 radical (unpaired) electrons. The lowest BCUT2D eigenvalue weighted by Gasteiger charge is -2.07. The fraction of sp³-hybridized carbons (Fsp3) is 0.500. The van der Waals surface area contributed by atoms with Crippen molar-refractivity contribution >= 4 is 0 Å². The molecule has 0 unspecified atom stereocenters. The van der Waals surface area contributed by atoms with Crippen LogP contribution in [0.3, 0.4) is 0 Å². The van der Waals surface area contributed by atoms with Gasteiger partial charge in [-0.1, -0.05) is 37.6 Å². The molecule has 1 rings (SSSR count). The predicted octanol–water partition coefficient (Wildman–Crippen LogP) is 4.13. The van der Waals surface area contributed by atoms with Gasteiger partial charge < -0.3 is 0 Å².